The number of hydrogen-bond acceptors (Lipinski definition) is 2. The molecular formula is C16H14ClIO2. The summed E-state index contributed by atoms with van der Waals surface area (Å²) in [5, 5.41) is 0.526. The van der Waals surface area contributed by atoms with Crippen molar-refractivity contribution in [2.24, 2.45) is 0 Å². The summed E-state index contributed by atoms with van der Waals surface area (Å²) in [6.07, 6.45) is -0.275. The zero-order valence-corrected chi connectivity index (χ0v) is 13.8. The Hall–Kier alpha value is -1.07. The molecule has 2 rings (SSSR count). The van der Waals surface area contributed by atoms with Gasteiger partial charge in [-0.25, -0.2) is 4.79 Å². The minimum atomic E-state index is -0.357. The van der Waals surface area contributed by atoms with Crippen LogP contribution in [0.2, 0.25) is 5.02 Å². The summed E-state index contributed by atoms with van der Waals surface area (Å²) < 4.78 is 5.80. The molecule has 0 amide bonds. The van der Waals surface area contributed by atoms with Gasteiger partial charge in [0.1, 0.15) is 6.10 Å². The van der Waals surface area contributed by atoms with Crippen molar-refractivity contribution in [2.75, 3.05) is 0 Å². The van der Waals surface area contributed by atoms with E-state index in [9.17, 15) is 4.79 Å². The van der Waals surface area contributed by atoms with Crippen molar-refractivity contribution in [2.45, 2.75) is 17.0 Å². The van der Waals surface area contributed by atoms with Crippen molar-refractivity contribution >= 4 is 40.2 Å². The Kier molecular flexibility index (Phi) is 5.43. The molecule has 0 aliphatic heterocycles. The van der Waals surface area contributed by atoms with E-state index in [0.717, 1.165) is 5.56 Å². The lowest BCUT2D eigenvalue weighted by molar-refractivity contribution is 0.0310. The minimum Gasteiger partial charge on any atom is -0.453 e. The molecule has 4 heteroatoms. The van der Waals surface area contributed by atoms with E-state index < -0.39 is 0 Å². The van der Waals surface area contributed by atoms with Crippen LogP contribution in [0.5, 0.6) is 0 Å². The Balaban J connectivity index is 2.19. The van der Waals surface area contributed by atoms with E-state index in [1.807, 2.05) is 37.3 Å². The van der Waals surface area contributed by atoms with Crippen LogP contribution in [0.1, 0.15) is 28.9 Å². The third-order valence-corrected chi connectivity index (χ3v) is 3.73. The Morgan fingerprint density at radius 3 is 2.45 bits per heavy atom. The summed E-state index contributed by atoms with van der Waals surface area (Å²) in [6.45, 7) is 2.02. The normalized spacial score (nSPS) is 13.6. The predicted octanol–water partition coefficient (Wildman–Crippen LogP) is 5.06. The van der Waals surface area contributed by atoms with Gasteiger partial charge in [-0.15, -0.1) is 0 Å². The van der Waals surface area contributed by atoms with Crippen molar-refractivity contribution in [3.05, 3.63) is 70.7 Å². The van der Waals surface area contributed by atoms with Crippen LogP contribution in [0.3, 0.4) is 0 Å². The van der Waals surface area contributed by atoms with Gasteiger partial charge < -0.3 is 4.74 Å². The second-order valence-corrected chi connectivity index (χ2v) is 6.83. The summed E-state index contributed by atoms with van der Waals surface area (Å²) in [5.74, 6) is -0.357. The molecule has 104 valence electrons. The van der Waals surface area contributed by atoms with E-state index in [1.165, 1.54) is 0 Å². The molecule has 0 fully saturated rings. The second kappa shape index (κ2) is 7.09. The number of rotatable bonds is 4. The number of halogens is 2. The van der Waals surface area contributed by atoms with Crippen LogP contribution < -0.4 is 0 Å². The summed E-state index contributed by atoms with van der Waals surface area (Å²) in [5.41, 5.74) is 1.46. The topological polar surface area (TPSA) is 26.3 Å². The molecule has 0 unspecified atom stereocenters. The van der Waals surface area contributed by atoms with Crippen LogP contribution in [0, 0.1) is 0 Å². The number of benzene rings is 2. The van der Waals surface area contributed by atoms with Crippen molar-refractivity contribution in [1.29, 1.82) is 0 Å². The summed E-state index contributed by atoms with van der Waals surface area (Å²) >= 11 is 8.16. The van der Waals surface area contributed by atoms with Gasteiger partial charge >= 0.3 is 5.97 Å². The molecule has 0 radical (unpaired) electrons. The van der Waals surface area contributed by atoms with Crippen molar-refractivity contribution in [1.82, 2.24) is 0 Å². The lowest BCUT2D eigenvalue weighted by Crippen LogP contribution is -2.17. The van der Waals surface area contributed by atoms with Crippen LogP contribution in [-0.2, 0) is 4.74 Å². The summed E-state index contributed by atoms with van der Waals surface area (Å²) in [6, 6.07) is 16.5. The van der Waals surface area contributed by atoms with Crippen LogP contribution >= 0.6 is 34.2 Å². The largest absolute Gasteiger partial charge is 0.453 e. The van der Waals surface area contributed by atoms with E-state index in [4.69, 9.17) is 16.3 Å². The third kappa shape index (κ3) is 3.96. The second-order valence-electron chi connectivity index (χ2n) is 4.42. The maximum atomic E-state index is 12.2. The predicted molar refractivity (Wildman–Crippen MR) is 89.5 cm³/mol. The number of ether oxygens (including phenoxy) is 1. The Labute approximate surface area is 137 Å². The molecule has 2 nitrogen and oxygen atoms in total. The number of hydrogen-bond donors (Lipinski definition) is 0. The summed E-state index contributed by atoms with van der Waals surface area (Å²) in [4.78, 5) is 12.2. The molecule has 0 aromatic heterocycles. The maximum Gasteiger partial charge on any atom is 0.338 e. The van der Waals surface area contributed by atoms with E-state index in [1.54, 1.807) is 24.3 Å². The molecule has 2 atom stereocenters. The molecule has 0 saturated carbocycles. The smallest absolute Gasteiger partial charge is 0.338 e. The van der Waals surface area contributed by atoms with Gasteiger partial charge in [0.2, 0.25) is 0 Å². The van der Waals surface area contributed by atoms with Gasteiger partial charge in [-0.2, -0.15) is 0 Å². The number of carbonyl (C=O) groups excluding carboxylic acids is 1. The average Bonchev–Trinajstić information content (AvgIpc) is 2.45. The van der Waals surface area contributed by atoms with E-state index >= 15 is 0 Å². The van der Waals surface area contributed by atoms with Crippen LogP contribution in [0.25, 0.3) is 0 Å². The standard InChI is InChI=1S/C16H14ClIO2/c1-11(18)15(12-6-3-2-4-7-12)20-16(19)13-8-5-9-14(17)10-13/h2-11,15H,1H3/t11-,15-/m1/s1. The van der Waals surface area contributed by atoms with E-state index in [2.05, 4.69) is 22.6 Å². The first-order chi connectivity index (χ1) is 9.58. The van der Waals surface area contributed by atoms with Crippen LogP contribution in [0.15, 0.2) is 54.6 Å². The fourth-order valence-corrected chi connectivity index (χ4v) is 2.62. The Morgan fingerprint density at radius 1 is 1.15 bits per heavy atom. The van der Waals surface area contributed by atoms with Gasteiger partial charge in [-0.3, -0.25) is 0 Å². The fraction of sp³-hybridized carbons (Fsp3) is 0.188. The zero-order chi connectivity index (χ0) is 14.5. The van der Waals surface area contributed by atoms with Gasteiger partial charge in [0.25, 0.3) is 0 Å². The molecule has 0 aliphatic rings. The monoisotopic (exact) mass is 400 g/mol. The van der Waals surface area contributed by atoms with Gasteiger partial charge in [-0.05, 0) is 30.7 Å². The average molecular weight is 401 g/mol. The SMILES string of the molecule is C[C@@H](I)[C@@H](OC(=O)c1cccc(Cl)c1)c1ccccc1. The minimum absolute atomic E-state index is 0.165. The number of esters is 1. The van der Waals surface area contributed by atoms with Gasteiger partial charge in [-0.1, -0.05) is 70.6 Å². The third-order valence-electron chi connectivity index (χ3n) is 2.84. The first-order valence-electron chi connectivity index (χ1n) is 6.23. The van der Waals surface area contributed by atoms with Gasteiger partial charge in [0, 0.05) is 8.95 Å². The van der Waals surface area contributed by atoms with E-state index in [-0.39, 0.29) is 16.0 Å². The number of carbonyl (C=O) groups is 1. The molecule has 0 bridgehead atoms. The maximum absolute atomic E-state index is 12.2. The van der Waals surface area contributed by atoms with Crippen LogP contribution in [0.4, 0.5) is 0 Å². The molecule has 0 spiro atoms. The van der Waals surface area contributed by atoms with Gasteiger partial charge in [0.05, 0.1) is 5.56 Å². The fourth-order valence-electron chi connectivity index (χ4n) is 1.87. The highest BCUT2D eigenvalue weighted by atomic mass is 127. The highest BCUT2D eigenvalue weighted by Gasteiger charge is 2.22. The first-order valence-corrected chi connectivity index (χ1v) is 7.86. The highest BCUT2D eigenvalue weighted by molar-refractivity contribution is 14.1. The molecule has 2 aromatic rings. The van der Waals surface area contributed by atoms with Crippen molar-refractivity contribution in [3.63, 3.8) is 0 Å². The Bertz CT molecular complexity index is 584. The zero-order valence-electron chi connectivity index (χ0n) is 10.9. The van der Waals surface area contributed by atoms with Crippen LogP contribution in [-0.4, -0.2) is 9.89 Å². The van der Waals surface area contributed by atoms with E-state index in [0.29, 0.717) is 10.6 Å². The Morgan fingerprint density at radius 2 is 1.85 bits per heavy atom. The molecule has 2 aromatic carbocycles. The molecule has 0 N–H and O–H groups in total. The molecule has 0 aliphatic carbocycles. The molecular weight excluding hydrogens is 387 g/mol. The molecule has 20 heavy (non-hydrogen) atoms. The molecule has 0 heterocycles. The lowest BCUT2D eigenvalue weighted by Gasteiger charge is -2.20. The first kappa shape index (κ1) is 15.3. The summed E-state index contributed by atoms with van der Waals surface area (Å²) in [7, 11) is 0. The highest BCUT2D eigenvalue weighted by Crippen LogP contribution is 2.27. The lowest BCUT2D eigenvalue weighted by atomic mass is 10.1. The quantitative estimate of drug-likeness (QED) is 0.407. The molecule has 0 saturated heterocycles. The number of alkyl halides is 1. The van der Waals surface area contributed by atoms with Gasteiger partial charge in [0.15, 0.2) is 0 Å². The van der Waals surface area contributed by atoms with Crippen molar-refractivity contribution in [3.8, 4) is 0 Å². The van der Waals surface area contributed by atoms with Crippen molar-refractivity contribution < 1.29 is 9.53 Å².